The molecule has 0 bridgehead atoms. The van der Waals surface area contributed by atoms with Crippen molar-refractivity contribution in [1.82, 2.24) is 0 Å². The maximum absolute atomic E-state index is 10.7. The monoisotopic (exact) mass is 230 g/mol. The van der Waals surface area contributed by atoms with E-state index < -0.39 is 11.6 Å². The predicted octanol–water partition coefficient (Wildman–Crippen LogP) is 1.42. The molecule has 5 heteroatoms. The molecule has 1 unspecified atom stereocenters. The zero-order valence-corrected chi connectivity index (χ0v) is 8.82. The number of phenolic OH excluding ortho intramolecular Hbond substituents is 1. The van der Waals surface area contributed by atoms with Crippen molar-refractivity contribution >= 4 is 17.6 Å². The van der Waals surface area contributed by atoms with E-state index in [0.717, 1.165) is 6.92 Å². The molecule has 0 saturated carbocycles. The fraction of sp³-hybridized carbons (Fsp3) is 0.300. The predicted molar refractivity (Wildman–Crippen MR) is 55.1 cm³/mol. The van der Waals surface area contributed by atoms with Gasteiger partial charge >= 0.3 is 5.97 Å². The van der Waals surface area contributed by atoms with E-state index in [-0.39, 0.29) is 17.2 Å². The van der Waals surface area contributed by atoms with Crippen LogP contribution in [-0.4, -0.2) is 26.9 Å². The zero-order valence-electron chi connectivity index (χ0n) is 8.07. The van der Waals surface area contributed by atoms with Crippen LogP contribution in [0.4, 0.5) is 0 Å². The number of carbonyl (C=O) groups is 1. The van der Waals surface area contributed by atoms with Crippen LogP contribution in [0, 0.1) is 0 Å². The van der Waals surface area contributed by atoms with Crippen LogP contribution in [0.15, 0.2) is 18.2 Å². The minimum absolute atomic E-state index is 0.133. The van der Waals surface area contributed by atoms with Crippen molar-refractivity contribution in [3.63, 3.8) is 0 Å². The first-order valence-corrected chi connectivity index (χ1v) is 4.64. The van der Waals surface area contributed by atoms with Gasteiger partial charge in [0, 0.05) is 6.42 Å². The van der Waals surface area contributed by atoms with Crippen LogP contribution in [0.3, 0.4) is 0 Å². The summed E-state index contributed by atoms with van der Waals surface area (Å²) in [6.45, 7) is 1.16. The van der Waals surface area contributed by atoms with Crippen LogP contribution in [0.25, 0.3) is 0 Å². The van der Waals surface area contributed by atoms with Crippen molar-refractivity contribution < 1.29 is 20.1 Å². The first-order chi connectivity index (χ1) is 6.84. The van der Waals surface area contributed by atoms with E-state index in [2.05, 4.69) is 0 Å². The summed E-state index contributed by atoms with van der Waals surface area (Å²) in [5, 5.41) is 27.8. The van der Waals surface area contributed by atoms with Gasteiger partial charge in [0.1, 0.15) is 5.75 Å². The Balaban J connectivity index is 3.00. The van der Waals surface area contributed by atoms with Gasteiger partial charge in [-0.3, -0.25) is 0 Å². The Morgan fingerprint density at radius 3 is 2.67 bits per heavy atom. The molecule has 0 saturated heterocycles. The smallest absolute Gasteiger partial charge is 0.335 e. The number of hydrogen-bond donors (Lipinski definition) is 3. The van der Waals surface area contributed by atoms with Crippen LogP contribution >= 0.6 is 11.6 Å². The second kappa shape index (κ2) is 4.08. The van der Waals surface area contributed by atoms with Crippen molar-refractivity contribution in [2.45, 2.75) is 18.9 Å². The number of halogens is 1. The summed E-state index contributed by atoms with van der Waals surface area (Å²) >= 11 is 5.64. The summed E-state index contributed by atoms with van der Waals surface area (Å²) in [7, 11) is 0. The molecule has 0 aliphatic heterocycles. The van der Waals surface area contributed by atoms with Crippen LogP contribution in [0.2, 0.25) is 5.02 Å². The van der Waals surface area contributed by atoms with Gasteiger partial charge in [-0.15, -0.1) is 0 Å². The topological polar surface area (TPSA) is 77.8 Å². The van der Waals surface area contributed by atoms with Gasteiger partial charge in [0.2, 0.25) is 0 Å². The highest BCUT2D eigenvalue weighted by molar-refractivity contribution is 6.32. The minimum atomic E-state index is -1.91. The Kier molecular flexibility index (Phi) is 3.21. The second-order valence-electron chi connectivity index (χ2n) is 3.50. The van der Waals surface area contributed by atoms with E-state index in [4.69, 9.17) is 16.7 Å². The van der Waals surface area contributed by atoms with E-state index >= 15 is 0 Å². The summed E-state index contributed by atoms with van der Waals surface area (Å²) in [5.41, 5.74) is -1.61. The van der Waals surface area contributed by atoms with Crippen molar-refractivity contribution in [2.24, 2.45) is 0 Å². The molecule has 82 valence electrons. The van der Waals surface area contributed by atoms with Crippen LogP contribution in [-0.2, 0) is 11.2 Å². The molecule has 0 fully saturated rings. The molecule has 0 heterocycles. The number of benzene rings is 1. The highest BCUT2D eigenvalue weighted by atomic mass is 35.5. The number of aromatic hydroxyl groups is 1. The number of hydrogen-bond acceptors (Lipinski definition) is 3. The molecule has 4 nitrogen and oxygen atoms in total. The summed E-state index contributed by atoms with van der Waals surface area (Å²) in [4.78, 5) is 10.7. The molecule has 1 aromatic carbocycles. The van der Waals surface area contributed by atoms with Crippen molar-refractivity contribution in [1.29, 1.82) is 0 Å². The van der Waals surface area contributed by atoms with Gasteiger partial charge in [0.25, 0.3) is 0 Å². The number of carboxylic acid groups (broad SMARTS) is 1. The summed E-state index contributed by atoms with van der Waals surface area (Å²) in [6.07, 6.45) is -0.200. The maximum Gasteiger partial charge on any atom is 0.335 e. The molecule has 3 N–H and O–H groups in total. The second-order valence-corrected chi connectivity index (χ2v) is 3.91. The minimum Gasteiger partial charge on any atom is -0.506 e. The molecule has 0 aliphatic rings. The standard InChI is InChI=1S/C10H11ClO4/c1-10(15,9(13)14)5-6-3-2-4-7(11)8(6)12/h2-4,12,15H,5H2,1H3,(H,13,14). The van der Waals surface area contributed by atoms with Crippen molar-refractivity contribution in [3.05, 3.63) is 28.8 Å². The summed E-state index contributed by atoms with van der Waals surface area (Å²) in [5.74, 6) is -1.54. The summed E-state index contributed by atoms with van der Waals surface area (Å²) in [6, 6.07) is 4.57. The number of phenols is 1. The van der Waals surface area contributed by atoms with Gasteiger partial charge in [0.15, 0.2) is 5.60 Å². The highest BCUT2D eigenvalue weighted by Gasteiger charge is 2.31. The Morgan fingerprint density at radius 2 is 2.13 bits per heavy atom. The fourth-order valence-electron chi connectivity index (χ4n) is 1.15. The molecular weight excluding hydrogens is 220 g/mol. The molecule has 15 heavy (non-hydrogen) atoms. The molecule has 0 spiro atoms. The van der Waals surface area contributed by atoms with E-state index in [1.54, 1.807) is 6.07 Å². The van der Waals surface area contributed by atoms with Crippen LogP contribution in [0.1, 0.15) is 12.5 Å². The number of carboxylic acids is 1. The lowest BCUT2D eigenvalue weighted by Crippen LogP contribution is -2.37. The molecule has 1 atom stereocenters. The van der Waals surface area contributed by atoms with Gasteiger partial charge in [-0.05, 0) is 18.6 Å². The van der Waals surface area contributed by atoms with Crippen molar-refractivity contribution in [3.8, 4) is 5.75 Å². The molecule has 0 amide bonds. The SMILES string of the molecule is CC(O)(Cc1cccc(Cl)c1O)C(=O)O. The number of aliphatic carboxylic acids is 1. The quantitative estimate of drug-likeness (QED) is 0.734. The first kappa shape index (κ1) is 11.8. The Bertz CT molecular complexity index is 387. The third-order valence-electron chi connectivity index (χ3n) is 2.07. The van der Waals surface area contributed by atoms with Gasteiger partial charge < -0.3 is 15.3 Å². The normalized spacial score (nSPS) is 14.6. The lowest BCUT2D eigenvalue weighted by atomic mass is 9.96. The molecule has 1 rings (SSSR count). The zero-order chi connectivity index (χ0) is 11.6. The Labute approximate surface area is 91.7 Å². The average Bonchev–Trinajstić information content (AvgIpc) is 2.12. The number of para-hydroxylation sites is 1. The van der Waals surface area contributed by atoms with Crippen molar-refractivity contribution in [2.75, 3.05) is 0 Å². The van der Waals surface area contributed by atoms with Gasteiger partial charge in [-0.25, -0.2) is 4.79 Å². The Morgan fingerprint density at radius 1 is 1.53 bits per heavy atom. The van der Waals surface area contributed by atoms with E-state index in [1.807, 2.05) is 0 Å². The van der Waals surface area contributed by atoms with Crippen LogP contribution < -0.4 is 0 Å². The Hall–Kier alpha value is -1.26. The van der Waals surface area contributed by atoms with Gasteiger partial charge in [0.05, 0.1) is 5.02 Å². The molecule has 0 aliphatic carbocycles. The molecule has 0 radical (unpaired) electrons. The van der Waals surface area contributed by atoms with E-state index in [0.29, 0.717) is 5.56 Å². The van der Waals surface area contributed by atoms with Crippen LogP contribution in [0.5, 0.6) is 5.75 Å². The first-order valence-electron chi connectivity index (χ1n) is 4.27. The third-order valence-corrected chi connectivity index (χ3v) is 2.37. The van der Waals surface area contributed by atoms with E-state index in [1.165, 1.54) is 12.1 Å². The molecule has 1 aromatic rings. The lowest BCUT2D eigenvalue weighted by molar-refractivity contribution is -0.156. The highest BCUT2D eigenvalue weighted by Crippen LogP contribution is 2.29. The third kappa shape index (κ3) is 2.61. The largest absolute Gasteiger partial charge is 0.506 e. The maximum atomic E-state index is 10.7. The molecular formula is C10H11ClO4. The summed E-state index contributed by atoms with van der Waals surface area (Å²) < 4.78 is 0. The molecule has 0 aromatic heterocycles. The fourth-order valence-corrected chi connectivity index (χ4v) is 1.34. The average molecular weight is 231 g/mol. The lowest BCUT2D eigenvalue weighted by Gasteiger charge is -2.18. The van der Waals surface area contributed by atoms with E-state index in [9.17, 15) is 15.0 Å². The van der Waals surface area contributed by atoms with Gasteiger partial charge in [-0.1, -0.05) is 23.7 Å². The van der Waals surface area contributed by atoms with Gasteiger partial charge in [-0.2, -0.15) is 0 Å². The number of aliphatic hydroxyl groups is 1. The number of rotatable bonds is 3.